The van der Waals surface area contributed by atoms with E-state index in [9.17, 15) is 18.0 Å². The normalized spacial score (nSPS) is 21.1. The molecular formula is C13H24N2O5S. The number of carboxylic acid groups (broad SMARTS) is 1. The summed E-state index contributed by atoms with van der Waals surface area (Å²) in [5.74, 6) is -1.59. The van der Waals surface area contributed by atoms with Gasteiger partial charge in [-0.1, -0.05) is 20.3 Å². The molecule has 0 aromatic carbocycles. The molecule has 1 saturated heterocycles. The third-order valence-corrected chi connectivity index (χ3v) is 5.59. The monoisotopic (exact) mass is 320 g/mol. The largest absolute Gasteiger partial charge is 0.480 e. The summed E-state index contributed by atoms with van der Waals surface area (Å²) >= 11 is 0. The van der Waals surface area contributed by atoms with Crippen molar-refractivity contribution in [2.45, 2.75) is 58.0 Å². The van der Waals surface area contributed by atoms with Crippen molar-refractivity contribution in [2.75, 3.05) is 12.3 Å². The van der Waals surface area contributed by atoms with E-state index in [1.54, 1.807) is 6.92 Å². The minimum atomic E-state index is -3.45. The van der Waals surface area contributed by atoms with Crippen molar-refractivity contribution in [3.8, 4) is 0 Å². The van der Waals surface area contributed by atoms with E-state index in [2.05, 4.69) is 5.32 Å². The number of amides is 1. The first kappa shape index (κ1) is 17.9. The van der Waals surface area contributed by atoms with E-state index >= 15 is 0 Å². The topological polar surface area (TPSA) is 104 Å². The van der Waals surface area contributed by atoms with E-state index in [1.807, 2.05) is 6.92 Å². The van der Waals surface area contributed by atoms with Crippen LogP contribution in [-0.2, 0) is 19.6 Å². The number of nitrogens with one attached hydrogen (secondary N) is 1. The van der Waals surface area contributed by atoms with E-state index in [0.717, 1.165) is 0 Å². The van der Waals surface area contributed by atoms with Gasteiger partial charge in [0.1, 0.15) is 12.1 Å². The molecule has 8 heteroatoms. The van der Waals surface area contributed by atoms with Crippen molar-refractivity contribution in [3.05, 3.63) is 0 Å². The van der Waals surface area contributed by atoms with Gasteiger partial charge in [0.2, 0.25) is 15.9 Å². The van der Waals surface area contributed by atoms with Gasteiger partial charge in [0.05, 0.1) is 5.75 Å². The lowest BCUT2D eigenvalue weighted by Gasteiger charge is -2.24. The predicted molar refractivity (Wildman–Crippen MR) is 78.3 cm³/mol. The van der Waals surface area contributed by atoms with Crippen LogP contribution in [0.25, 0.3) is 0 Å². The van der Waals surface area contributed by atoms with E-state index in [-0.39, 0.29) is 5.75 Å². The fourth-order valence-corrected chi connectivity index (χ4v) is 4.27. The van der Waals surface area contributed by atoms with Gasteiger partial charge in [0.15, 0.2) is 0 Å². The molecule has 2 N–H and O–H groups in total. The highest BCUT2D eigenvalue weighted by Crippen LogP contribution is 2.22. The SMILES string of the molecule is CCCC(NC(=O)C1CCCN1S(=O)(=O)CCC)C(=O)O. The van der Waals surface area contributed by atoms with Crippen LogP contribution in [-0.4, -0.2) is 54.1 Å². The van der Waals surface area contributed by atoms with Crippen molar-refractivity contribution < 1.29 is 23.1 Å². The Morgan fingerprint density at radius 2 is 2.00 bits per heavy atom. The first-order chi connectivity index (χ1) is 9.83. The Balaban J connectivity index is 2.78. The van der Waals surface area contributed by atoms with Gasteiger partial charge >= 0.3 is 5.97 Å². The van der Waals surface area contributed by atoms with Crippen molar-refractivity contribution in [3.63, 3.8) is 0 Å². The number of nitrogens with zero attached hydrogens (tertiary/aromatic N) is 1. The molecule has 1 rings (SSSR count). The number of carbonyl (C=O) groups is 2. The Morgan fingerprint density at radius 3 is 2.52 bits per heavy atom. The molecule has 0 aromatic rings. The van der Waals surface area contributed by atoms with Gasteiger partial charge in [0, 0.05) is 6.54 Å². The van der Waals surface area contributed by atoms with Gasteiger partial charge in [-0.25, -0.2) is 13.2 Å². The summed E-state index contributed by atoms with van der Waals surface area (Å²) in [5, 5.41) is 11.5. The van der Waals surface area contributed by atoms with Crippen LogP contribution < -0.4 is 5.32 Å². The summed E-state index contributed by atoms with van der Waals surface area (Å²) in [7, 11) is -3.45. The second-order valence-corrected chi connectivity index (χ2v) is 7.31. The van der Waals surface area contributed by atoms with Gasteiger partial charge in [-0.15, -0.1) is 0 Å². The number of carboxylic acids is 1. The molecule has 122 valence electrons. The molecule has 2 atom stereocenters. The van der Waals surface area contributed by atoms with E-state index in [4.69, 9.17) is 5.11 Å². The third-order valence-electron chi connectivity index (χ3n) is 3.52. The third kappa shape index (κ3) is 4.67. The van der Waals surface area contributed by atoms with E-state index in [1.165, 1.54) is 4.31 Å². The lowest BCUT2D eigenvalue weighted by Crippen LogP contribution is -2.51. The lowest BCUT2D eigenvalue weighted by atomic mass is 10.1. The quantitative estimate of drug-likeness (QED) is 0.680. The lowest BCUT2D eigenvalue weighted by molar-refractivity contribution is -0.142. The smallest absolute Gasteiger partial charge is 0.326 e. The Kier molecular flexibility index (Phi) is 6.60. The first-order valence-electron chi connectivity index (χ1n) is 7.36. The van der Waals surface area contributed by atoms with Crippen molar-refractivity contribution in [1.29, 1.82) is 0 Å². The number of rotatable bonds is 8. The zero-order chi connectivity index (χ0) is 16.0. The van der Waals surface area contributed by atoms with Crippen LogP contribution in [0.15, 0.2) is 0 Å². The standard InChI is InChI=1S/C13H24N2O5S/c1-3-6-10(13(17)18)14-12(16)11-7-5-8-15(11)21(19,20)9-4-2/h10-11H,3-9H2,1-2H3,(H,14,16)(H,17,18). The number of carbonyl (C=O) groups excluding carboxylic acids is 1. The van der Waals surface area contributed by atoms with Crippen LogP contribution in [0.5, 0.6) is 0 Å². The molecule has 1 heterocycles. The van der Waals surface area contributed by atoms with Gasteiger partial charge in [0.25, 0.3) is 0 Å². The minimum Gasteiger partial charge on any atom is -0.480 e. The first-order valence-corrected chi connectivity index (χ1v) is 8.97. The highest BCUT2D eigenvalue weighted by molar-refractivity contribution is 7.89. The molecule has 7 nitrogen and oxygen atoms in total. The number of sulfonamides is 1. The molecule has 1 aliphatic rings. The maximum atomic E-state index is 12.2. The molecule has 0 bridgehead atoms. The van der Waals surface area contributed by atoms with Crippen molar-refractivity contribution in [1.82, 2.24) is 9.62 Å². The zero-order valence-corrected chi connectivity index (χ0v) is 13.4. The second-order valence-electron chi connectivity index (χ2n) is 5.27. The Morgan fingerprint density at radius 1 is 1.33 bits per heavy atom. The van der Waals surface area contributed by atoms with Crippen LogP contribution in [0.2, 0.25) is 0 Å². The highest BCUT2D eigenvalue weighted by Gasteiger charge is 2.39. The Hall–Kier alpha value is -1.15. The fourth-order valence-electron chi connectivity index (χ4n) is 2.52. The summed E-state index contributed by atoms with van der Waals surface area (Å²) in [4.78, 5) is 23.3. The maximum Gasteiger partial charge on any atom is 0.326 e. The van der Waals surface area contributed by atoms with Gasteiger partial charge in [-0.3, -0.25) is 4.79 Å². The van der Waals surface area contributed by atoms with Gasteiger partial charge in [-0.2, -0.15) is 4.31 Å². The molecule has 2 unspecified atom stereocenters. The Labute approximate surface area is 125 Å². The van der Waals surface area contributed by atoms with Crippen LogP contribution in [0.3, 0.4) is 0 Å². The summed E-state index contributed by atoms with van der Waals surface area (Å²) < 4.78 is 25.5. The summed E-state index contributed by atoms with van der Waals surface area (Å²) in [6, 6.07) is -1.74. The van der Waals surface area contributed by atoms with Crippen molar-refractivity contribution >= 4 is 21.9 Å². The summed E-state index contributed by atoms with van der Waals surface area (Å²) in [6.45, 7) is 3.92. The zero-order valence-electron chi connectivity index (χ0n) is 12.5. The average Bonchev–Trinajstić information content (AvgIpc) is 2.88. The number of aliphatic carboxylic acids is 1. The van der Waals surface area contributed by atoms with Crippen molar-refractivity contribution in [2.24, 2.45) is 0 Å². The molecular weight excluding hydrogens is 296 g/mol. The van der Waals surface area contributed by atoms with E-state index in [0.29, 0.717) is 38.6 Å². The molecule has 1 amide bonds. The summed E-state index contributed by atoms with van der Waals surface area (Å²) in [6.07, 6.45) is 2.50. The average molecular weight is 320 g/mol. The fraction of sp³-hybridized carbons (Fsp3) is 0.846. The number of hydrogen-bond donors (Lipinski definition) is 2. The molecule has 0 radical (unpaired) electrons. The maximum absolute atomic E-state index is 12.2. The van der Waals surface area contributed by atoms with Crippen LogP contribution >= 0.6 is 0 Å². The summed E-state index contributed by atoms with van der Waals surface area (Å²) in [5.41, 5.74) is 0. The van der Waals surface area contributed by atoms with Crippen LogP contribution in [0, 0.1) is 0 Å². The second kappa shape index (κ2) is 7.74. The van der Waals surface area contributed by atoms with Crippen LogP contribution in [0.4, 0.5) is 0 Å². The molecule has 0 saturated carbocycles. The van der Waals surface area contributed by atoms with Crippen LogP contribution in [0.1, 0.15) is 46.0 Å². The predicted octanol–water partition coefficient (Wildman–Crippen LogP) is 0.560. The highest BCUT2D eigenvalue weighted by atomic mass is 32.2. The van der Waals surface area contributed by atoms with Gasteiger partial charge in [-0.05, 0) is 25.7 Å². The molecule has 0 aromatic heterocycles. The number of hydrogen-bond acceptors (Lipinski definition) is 4. The molecule has 0 aliphatic carbocycles. The Bertz CT molecular complexity index is 477. The molecule has 0 spiro atoms. The molecule has 1 fully saturated rings. The molecule has 21 heavy (non-hydrogen) atoms. The van der Waals surface area contributed by atoms with Gasteiger partial charge < -0.3 is 10.4 Å². The minimum absolute atomic E-state index is 0.00803. The van der Waals surface area contributed by atoms with E-state index < -0.39 is 34.0 Å². The molecule has 1 aliphatic heterocycles.